The van der Waals surface area contributed by atoms with Gasteiger partial charge in [0, 0.05) is 41.5 Å². The molecule has 0 saturated heterocycles. The summed E-state index contributed by atoms with van der Waals surface area (Å²) in [5, 5.41) is 8.98. The minimum absolute atomic E-state index is 0.0221. The lowest BCUT2D eigenvalue weighted by Crippen LogP contribution is -2.09. The first-order valence-electron chi connectivity index (χ1n) is 5.88. The number of hydrogen-bond acceptors (Lipinski definition) is 4. The van der Waals surface area contributed by atoms with Crippen LogP contribution in [-0.4, -0.2) is 42.6 Å². The summed E-state index contributed by atoms with van der Waals surface area (Å²) in [7, 11) is -1.09. The molecule has 0 fully saturated rings. The van der Waals surface area contributed by atoms with Crippen LogP contribution in [0, 0.1) is 11.6 Å². The van der Waals surface area contributed by atoms with Crippen molar-refractivity contribution in [3.63, 3.8) is 0 Å². The summed E-state index contributed by atoms with van der Waals surface area (Å²) in [5.41, 5.74) is 0.206. The highest BCUT2D eigenvalue weighted by Crippen LogP contribution is 2.26. The molecule has 0 amide bonds. The van der Waals surface area contributed by atoms with Crippen LogP contribution in [-0.2, 0) is 22.1 Å². The average Bonchev–Trinajstić information content (AvgIpc) is 2.72. The van der Waals surface area contributed by atoms with Crippen molar-refractivity contribution in [3.05, 3.63) is 23.8 Å². The minimum Gasteiger partial charge on any atom is -0.481 e. The van der Waals surface area contributed by atoms with E-state index in [4.69, 9.17) is 5.11 Å². The third kappa shape index (κ3) is 3.79. The molecule has 2 rings (SSSR count). The first-order chi connectivity index (χ1) is 9.88. The Balaban J connectivity index is 2.48. The number of thioether (sulfide) groups is 1. The van der Waals surface area contributed by atoms with Crippen LogP contribution in [0.15, 0.2) is 17.3 Å². The number of aromatic nitrogens is 2. The van der Waals surface area contributed by atoms with E-state index in [0.717, 1.165) is 23.9 Å². The number of aryl methyl sites for hydroxylation is 1. The number of imidazole rings is 1. The molecule has 5 nitrogen and oxygen atoms in total. The van der Waals surface area contributed by atoms with Crippen molar-refractivity contribution in [3.8, 4) is 0 Å². The minimum atomic E-state index is -1.09. The predicted octanol–water partition coefficient (Wildman–Crippen LogP) is 1.87. The molecule has 1 unspecified atom stereocenters. The number of carbonyl (C=O) groups is 1. The van der Waals surface area contributed by atoms with Gasteiger partial charge in [0.05, 0.1) is 11.3 Å². The largest absolute Gasteiger partial charge is 0.481 e. The highest BCUT2D eigenvalue weighted by Gasteiger charge is 2.17. The Hall–Kier alpha value is -1.48. The monoisotopic (exact) mass is 334 g/mol. The summed E-state index contributed by atoms with van der Waals surface area (Å²) in [6.07, 6.45) is 1.52. The van der Waals surface area contributed by atoms with Crippen molar-refractivity contribution in [2.24, 2.45) is 0 Å². The van der Waals surface area contributed by atoms with Gasteiger partial charge in [0.1, 0.15) is 11.3 Å². The van der Waals surface area contributed by atoms with Crippen LogP contribution >= 0.6 is 11.8 Å². The normalized spacial score (nSPS) is 12.7. The highest BCUT2D eigenvalue weighted by atomic mass is 32.2. The fourth-order valence-corrected chi connectivity index (χ4v) is 2.99. The Morgan fingerprint density at radius 1 is 1.48 bits per heavy atom. The van der Waals surface area contributed by atoms with Gasteiger partial charge in [-0.05, 0) is 0 Å². The smallest absolute Gasteiger partial charge is 0.313 e. The Morgan fingerprint density at radius 2 is 2.19 bits per heavy atom. The van der Waals surface area contributed by atoms with Crippen molar-refractivity contribution in [2.75, 3.05) is 17.8 Å². The van der Waals surface area contributed by atoms with Gasteiger partial charge in [-0.1, -0.05) is 11.8 Å². The van der Waals surface area contributed by atoms with E-state index in [2.05, 4.69) is 4.98 Å². The molecule has 0 spiro atoms. The summed E-state index contributed by atoms with van der Waals surface area (Å²) >= 11 is 0.911. The van der Waals surface area contributed by atoms with E-state index in [-0.39, 0.29) is 34.2 Å². The van der Waals surface area contributed by atoms with Gasteiger partial charge in [-0.25, -0.2) is 13.8 Å². The van der Waals surface area contributed by atoms with Crippen LogP contribution in [0.3, 0.4) is 0 Å². The quantitative estimate of drug-likeness (QED) is 0.817. The lowest BCUT2D eigenvalue weighted by molar-refractivity contribution is -0.133. The molecule has 0 aliphatic carbocycles. The highest BCUT2D eigenvalue weighted by molar-refractivity contribution is 7.99. The molecule has 9 heteroatoms. The van der Waals surface area contributed by atoms with Crippen LogP contribution in [0.25, 0.3) is 11.0 Å². The van der Waals surface area contributed by atoms with Gasteiger partial charge in [0.15, 0.2) is 11.0 Å². The van der Waals surface area contributed by atoms with Gasteiger partial charge in [-0.15, -0.1) is 0 Å². The van der Waals surface area contributed by atoms with Crippen LogP contribution in [0.4, 0.5) is 8.78 Å². The van der Waals surface area contributed by atoms with E-state index in [0.29, 0.717) is 0 Å². The maximum Gasteiger partial charge on any atom is 0.313 e. The molecule has 0 aliphatic heterocycles. The van der Waals surface area contributed by atoms with Crippen molar-refractivity contribution in [1.29, 1.82) is 0 Å². The molecule has 1 N–H and O–H groups in total. The Kier molecular flexibility index (Phi) is 4.94. The van der Waals surface area contributed by atoms with Crippen LogP contribution < -0.4 is 0 Å². The van der Waals surface area contributed by atoms with Crippen molar-refractivity contribution in [1.82, 2.24) is 9.55 Å². The molecule has 0 saturated carbocycles. The number of aliphatic carboxylic acids is 1. The van der Waals surface area contributed by atoms with Crippen molar-refractivity contribution < 1.29 is 22.9 Å². The number of benzene rings is 1. The van der Waals surface area contributed by atoms with E-state index in [1.165, 1.54) is 10.8 Å². The van der Waals surface area contributed by atoms with Gasteiger partial charge in [-0.2, -0.15) is 0 Å². The van der Waals surface area contributed by atoms with E-state index in [9.17, 15) is 17.8 Å². The summed E-state index contributed by atoms with van der Waals surface area (Å²) in [5.74, 6) is -2.55. The lowest BCUT2D eigenvalue weighted by Gasteiger charge is -2.07. The molecule has 0 radical (unpaired) electrons. The first kappa shape index (κ1) is 15.9. The summed E-state index contributed by atoms with van der Waals surface area (Å²) in [6.45, 7) is 0.241. The topological polar surface area (TPSA) is 72.2 Å². The summed E-state index contributed by atoms with van der Waals surface area (Å²) in [6, 6.07) is 1.86. The standard InChI is InChI=1S/C12H12F2N2O3S2/c1-21(19)3-2-16-9-5-7(13)4-8(14)11(9)15-12(16)20-6-10(17)18/h4-5H,2-3,6H2,1H3,(H,17,18). The van der Waals surface area contributed by atoms with Gasteiger partial charge in [-0.3, -0.25) is 9.00 Å². The number of carboxylic acid groups (broad SMARTS) is 1. The van der Waals surface area contributed by atoms with Crippen molar-refractivity contribution >= 4 is 39.6 Å². The summed E-state index contributed by atoms with van der Waals surface area (Å²) < 4.78 is 39.8. The van der Waals surface area contributed by atoms with Crippen molar-refractivity contribution in [2.45, 2.75) is 11.7 Å². The maximum atomic E-state index is 13.7. The zero-order chi connectivity index (χ0) is 15.6. The average molecular weight is 334 g/mol. The number of carboxylic acids is 1. The number of fused-ring (bicyclic) bond motifs is 1. The molecular weight excluding hydrogens is 322 g/mol. The Morgan fingerprint density at radius 3 is 2.81 bits per heavy atom. The molecular formula is C12H12F2N2O3S2. The molecule has 2 aromatic rings. The Bertz CT molecular complexity index is 718. The summed E-state index contributed by atoms with van der Waals surface area (Å²) in [4.78, 5) is 14.7. The predicted molar refractivity (Wildman–Crippen MR) is 76.9 cm³/mol. The number of hydrogen-bond donors (Lipinski definition) is 1. The fraction of sp³-hybridized carbons (Fsp3) is 0.333. The SMILES string of the molecule is CS(=O)CCn1c(SCC(=O)O)nc2c(F)cc(F)cc21. The molecule has 21 heavy (non-hydrogen) atoms. The van der Waals surface area contributed by atoms with Gasteiger partial charge in [0.2, 0.25) is 0 Å². The van der Waals surface area contributed by atoms with Crippen LogP contribution in [0.2, 0.25) is 0 Å². The zero-order valence-electron chi connectivity index (χ0n) is 11.0. The molecule has 1 heterocycles. The van der Waals surface area contributed by atoms with E-state index in [1.807, 2.05) is 0 Å². The number of rotatable bonds is 6. The molecule has 1 atom stereocenters. The van der Waals surface area contributed by atoms with Crippen LogP contribution in [0.5, 0.6) is 0 Å². The zero-order valence-corrected chi connectivity index (χ0v) is 12.6. The first-order valence-corrected chi connectivity index (χ1v) is 8.59. The molecule has 1 aromatic heterocycles. The van der Waals surface area contributed by atoms with E-state index < -0.39 is 28.4 Å². The Labute approximate surface area is 125 Å². The molecule has 114 valence electrons. The van der Waals surface area contributed by atoms with E-state index in [1.54, 1.807) is 0 Å². The molecule has 0 aliphatic rings. The maximum absolute atomic E-state index is 13.7. The second kappa shape index (κ2) is 6.52. The van der Waals surface area contributed by atoms with Gasteiger partial charge in [0.25, 0.3) is 0 Å². The second-order valence-corrected chi connectivity index (χ2v) is 6.76. The van der Waals surface area contributed by atoms with E-state index >= 15 is 0 Å². The number of halogens is 2. The molecule has 1 aromatic carbocycles. The third-order valence-electron chi connectivity index (χ3n) is 2.66. The third-order valence-corrected chi connectivity index (χ3v) is 4.38. The second-order valence-electron chi connectivity index (χ2n) is 4.26. The number of nitrogens with zero attached hydrogens (tertiary/aromatic N) is 2. The van der Waals surface area contributed by atoms with Gasteiger partial charge >= 0.3 is 5.97 Å². The molecule has 0 bridgehead atoms. The van der Waals surface area contributed by atoms with Crippen LogP contribution in [0.1, 0.15) is 0 Å². The van der Waals surface area contributed by atoms with Gasteiger partial charge < -0.3 is 9.67 Å². The fourth-order valence-electron chi connectivity index (χ4n) is 1.80. The lowest BCUT2D eigenvalue weighted by atomic mass is 10.3.